The van der Waals surface area contributed by atoms with Crippen molar-refractivity contribution >= 4 is 11.9 Å². The lowest BCUT2D eigenvalue weighted by Crippen LogP contribution is -3.00. The monoisotopic (exact) mass is 410 g/mol. The molecule has 27 heavy (non-hydrogen) atoms. The number of aliphatic carboxylic acids is 1. The number of unbranched alkanes of at least 4 members (excludes halogenated alkanes) is 10. The summed E-state index contributed by atoms with van der Waals surface area (Å²) in [5.41, 5.74) is 0. The van der Waals surface area contributed by atoms with Gasteiger partial charge in [0.05, 0.1) is 27.6 Å². The van der Waals surface area contributed by atoms with E-state index in [2.05, 4.69) is 6.92 Å². The van der Waals surface area contributed by atoms with E-state index in [1.54, 1.807) is 0 Å². The van der Waals surface area contributed by atoms with Gasteiger partial charge < -0.3 is 26.7 Å². The zero-order chi connectivity index (χ0) is 19.8. The fourth-order valence-corrected chi connectivity index (χ4v) is 3.13. The van der Waals surface area contributed by atoms with Crippen LogP contribution in [-0.2, 0) is 14.3 Å². The van der Waals surface area contributed by atoms with Gasteiger partial charge in [0.2, 0.25) is 0 Å². The van der Waals surface area contributed by atoms with Gasteiger partial charge in [0.15, 0.2) is 6.10 Å². The molecule has 5 nitrogen and oxygen atoms in total. The van der Waals surface area contributed by atoms with Crippen LogP contribution in [0.5, 0.6) is 0 Å². The number of hydrogen-bond acceptors (Lipinski definition) is 3. The van der Waals surface area contributed by atoms with E-state index in [0.29, 0.717) is 17.4 Å². The second kappa shape index (κ2) is 17.3. The highest BCUT2D eigenvalue weighted by atomic mass is 35.5. The Balaban J connectivity index is 0. The van der Waals surface area contributed by atoms with Crippen molar-refractivity contribution in [2.24, 2.45) is 0 Å². The summed E-state index contributed by atoms with van der Waals surface area (Å²) in [7, 11) is 5.89. The highest BCUT2D eigenvalue weighted by Crippen LogP contribution is 2.13. The van der Waals surface area contributed by atoms with E-state index in [1.165, 1.54) is 57.8 Å². The normalized spacial score (nSPS) is 12.3. The molecule has 0 aromatic rings. The van der Waals surface area contributed by atoms with Crippen molar-refractivity contribution in [1.29, 1.82) is 0 Å². The largest absolute Gasteiger partial charge is 1.00 e. The number of nitrogens with zero attached hydrogens (tertiary/aromatic N) is 1. The minimum Gasteiger partial charge on any atom is -1.00 e. The van der Waals surface area contributed by atoms with Crippen molar-refractivity contribution in [3.8, 4) is 0 Å². The number of carboxylic acids is 1. The van der Waals surface area contributed by atoms with Gasteiger partial charge in [-0.25, -0.2) is 0 Å². The summed E-state index contributed by atoms with van der Waals surface area (Å²) in [6.45, 7) is 2.75. The van der Waals surface area contributed by atoms with E-state index in [9.17, 15) is 9.59 Å². The number of carbonyl (C=O) groups is 2. The van der Waals surface area contributed by atoms with Gasteiger partial charge >= 0.3 is 11.9 Å². The van der Waals surface area contributed by atoms with Gasteiger partial charge in [0.1, 0.15) is 6.54 Å². The molecule has 0 aromatic heterocycles. The molecule has 0 unspecified atom stereocenters. The standard InChI is InChI=1S/C21H41NO4.ClH/c1-5-6-7-8-9-10-11-12-13-14-15-16-21(25)26-19(17-20(23)24)18-22(2,3)4;/h19H,5-18H2,1-4H3;1H/t19-;/m1./s1/i15+1,16+1,21+1;. The van der Waals surface area contributed by atoms with Crippen molar-refractivity contribution in [2.45, 2.75) is 96.5 Å². The van der Waals surface area contributed by atoms with Crippen molar-refractivity contribution in [3.63, 3.8) is 0 Å². The molecular formula is C21H42ClNO4. The van der Waals surface area contributed by atoms with Crippen LogP contribution in [0.15, 0.2) is 0 Å². The highest BCUT2D eigenvalue weighted by molar-refractivity contribution is 5.71. The van der Waals surface area contributed by atoms with E-state index in [4.69, 9.17) is 9.84 Å². The molecule has 0 saturated heterocycles. The zero-order valence-electron chi connectivity index (χ0n) is 18.0. The fraction of sp³-hybridized carbons (Fsp3) is 0.905. The maximum absolute atomic E-state index is 12.0. The highest BCUT2D eigenvalue weighted by Gasteiger charge is 2.24. The van der Waals surface area contributed by atoms with E-state index in [1.807, 2.05) is 21.1 Å². The van der Waals surface area contributed by atoms with Crippen molar-refractivity contribution < 1.29 is 36.3 Å². The van der Waals surface area contributed by atoms with Gasteiger partial charge in [0.25, 0.3) is 0 Å². The van der Waals surface area contributed by atoms with Gasteiger partial charge in [-0.2, -0.15) is 0 Å². The number of likely N-dealkylation sites (N-methyl/N-ethyl adjacent to an activating group) is 1. The topological polar surface area (TPSA) is 63.6 Å². The molecular weight excluding hydrogens is 369 g/mol. The zero-order valence-corrected chi connectivity index (χ0v) is 18.7. The first kappa shape index (κ1) is 28.4. The Kier molecular flexibility index (Phi) is 18.2. The van der Waals surface area contributed by atoms with Gasteiger partial charge in [-0.3, -0.25) is 9.59 Å². The second-order valence-electron chi connectivity index (χ2n) is 8.47. The van der Waals surface area contributed by atoms with Crippen LogP contribution in [0.2, 0.25) is 0 Å². The Morgan fingerprint density at radius 1 is 0.852 bits per heavy atom. The number of quaternary nitrogens is 1. The summed E-state index contributed by atoms with van der Waals surface area (Å²) < 4.78 is 5.97. The predicted octanol–water partition coefficient (Wildman–Crippen LogP) is 1.78. The summed E-state index contributed by atoms with van der Waals surface area (Å²) >= 11 is 0. The van der Waals surface area contributed by atoms with Gasteiger partial charge in [0, 0.05) is 6.42 Å². The lowest BCUT2D eigenvalue weighted by Gasteiger charge is -2.28. The smallest absolute Gasteiger partial charge is 0.307 e. The van der Waals surface area contributed by atoms with E-state index in [0.717, 1.165) is 12.8 Å². The minimum absolute atomic E-state index is 0. The molecule has 0 radical (unpaired) electrons. The van der Waals surface area contributed by atoms with Crippen LogP contribution in [0, 0.1) is 0 Å². The molecule has 0 aliphatic carbocycles. The number of esters is 1. The van der Waals surface area contributed by atoms with Gasteiger partial charge in [-0.05, 0) is 6.42 Å². The average molecular weight is 411 g/mol. The van der Waals surface area contributed by atoms with Crippen LogP contribution in [0.1, 0.15) is 90.4 Å². The molecule has 0 aliphatic rings. The van der Waals surface area contributed by atoms with E-state index in [-0.39, 0.29) is 24.8 Å². The lowest BCUT2D eigenvalue weighted by molar-refractivity contribution is -0.873. The maximum atomic E-state index is 12.0. The summed E-state index contributed by atoms with van der Waals surface area (Å²) in [5, 5.41) is 8.97. The Hall–Kier alpha value is -0.810. The minimum atomic E-state index is -0.925. The van der Waals surface area contributed by atoms with Crippen LogP contribution in [0.4, 0.5) is 0 Å². The molecule has 6 heteroatoms. The van der Waals surface area contributed by atoms with Gasteiger partial charge in [-0.15, -0.1) is 0 Å². The number of rotatable bonds is 17. The third-order valence-electron chi connectivity index (χ3n) is 4.44. The van der Waals surface area contributed by atoms with Crippen molar-refractivity contribution in [3.05, 3.63) is 0 Å². The summed E-state index contributed by atoms with van der Waals surface area (Å²) in [6, 6.07) is 0. The second-order valence-corrected chi connectivity index (χ2v) is 8.47. The van der Waals surface area contributed by atoms with Crippen LogP contribution in [-0.4, -0.2) is 55.3 Å². The van der Waals surface area contributed by atoms with Crippen LogP contribution in [0.25, 0.3) is 0 Å². The SMILES string of the molecule is CCCCCCCCCCC[13CH2][13CH2][13C](=O)O[C@H](CC(=O)O)C[N+](C)(C)C.[Cl-]. The Morgan fingerprint density at radius 3 is 1.70 bits per heavy atom. The third kappa shape index (κ3) is 21.3. The molecule has 162 valence electrons. The van der Waals surface area contributed by atoms with Gasteiger partial charge in [-0.1, -0.05) is 71.1 Å². The van der Waals surface area contributed by atoms with E-state index < -0.39 is 12.1 Å². The number of halogens is 1. The molecule has 0 saturated carbocycles. The molecule has 0 amide bonds. The number of hydrogen-bond donors (Lipinski definition) is 1. The van der Waals surface area contributed by atoms with E-state index >= 15 is 0 Å². The Bertz CT molecular complexity index is 383. The first-order chi connectivity index (χ1) is 12.2. The fourth-order valence-electron chi connectivity index (χ4n) is 3.13. The average Bonchev–Trinajstić information content (AvgIpc) is 2.50. The Morgan fingerprint density at radius 2 is 1.30 bits per heavy atom. The third-order valence-corrected chi connectivity index (χ3v) is 4.44. The molecule has 0 heterocycles. The summed E-state index contributed by atoms with van der Waals surface area (Å²) in [5.74, 6) is -1.19. The quantitative estimate of drug-likeness (QED) is 0.172. The first-order valence-corrected chi connectivity index (χ1v) is 10.5. The molecule has 1 N–H and O–H groups in total. The maximum Gasteiger partial charge on any atom is 0.307 e. The molecule has 0 fully saturated rings. The Labute approximate surface area is 172 Å². The summed E-state index contributed by atoms with van der Waals surface area (Å²) in [6.07, 6.45) is 13.4. The molecule has 0 bridgehead atoms. The lowest BCUT2D eigenvalue weighted by atomic mass is 10.1. The first-order valence-electron chi connectivity index (χ1n) is 10.5. The molecule has 0 aliphatic heterocycles. The van der Waals surface area contributed by atoms with Crippen LogP contribution < -0.4 is 12.4 Å². The molecule has 0 aromatic carbocycles. The predicted molar refractivity (Wildman–Crippen MR) is 106 cm³/mol. The number of ether oxygens (including phenoxy) is 1. The summed E-state index contributed by atoms with van der Waals surface area (Å²) in [4.78, 5) is 22.9. The van der Waals surface area contributed by atoms with Crippen molar-refractivity contribution in [1.82, 2.24) is 0 Å². The van der Waals surface area contributed by atoms with Crippen molar-refractivity contribution in [2.75, 3.05) is 27.7 Å². The number of carbonyl (C=O) groups excluding carboxylic acids is 1. The van der Waals surface area contributed by atoms with Crippen LogP contribution in [0.3, 0.4) is 0 Å². The molecule has 1 atom stereocenters. The number of carboxylic acid groups (broad SMARTS) is 1. The molecule has 0 spiro atoms. The van der Waals surface area contributed by atoms with Crippen LogP contribution >= 0.6 is 0 Å². The molecule has 0 rings (SSSR count).